The van der Waals surface area contributed by atoms with E-state index in [2.05, 4.69) is 11.8 Å². The highest BCUT2D eigenvalue weighted by molar-refractivity contribution is 7.90. The normalized spacial score (nSPS) is 28.6. The van der Waals surface area contributed by atoms with Gasteiger partial charge in [-0.25, -0.2) is 8.42 Å². The Hall–Kier alpha value is -1.07. The van der Waals surface area contributed by atoms with Gasteiger partial charge in [-0.05, 0) is 49.8 Å². The Morgan fingerprint density at radius 3 is 2.70 bits per heavy atom. The zero-order valence-electron chi connectivity index (χ0n) is 14.3. The molecule has 4 nitrogen and oxygen atoms in total. The van der Waals surface area contributed by atoms with Gasteiger partial charge in [0.1, 0.15) is 10.6 Å². The van der Waals surface area contributed by atoms with Gasteiger partial charge in [0.2, 0.25) is 0 Å². The molecule has 3 rings (SSSR count). The standard InChI is InChI=1S/C18H27NO3S/c1-13-10-15-6-4-5-7-16(15)19(13)12-14-8-9-17(22-2)18(11-14)23(3,20)21/h8-9,11,13,15-16H,4-7,10,12H2,1-3H3. The molecule has 2 fully saturated rings. The summed E-state index contributed by atoms with van der Waals surface area (Å²) in [6.07, 6.45) is 7.83. The number of fused-ring (bicyclic) bond motifs is 1. The van der Waals surface area contributed by atoms with Gasteiger partial charge in [-0.3, -0.25) is 4.90 Å². The van der Waals surface area contributed by atoms with Crippen LogP contribution in [0.15, 0.2) is 23.1 Å². The van der Waals surface area contributed by atoms with E-state index in [9.17, 15) is 8.42 Å². The summed E-state index contributed by atoms with van der Waals surface area (Å²) in [5.41, 5.74) is 1.06. The fourth-order valence-corrected chi connectivity index (χ4v) is 5.28. The van der Waals surface area contributed by atoms with Crippen molar-refractivity contribution in [1.29, 1.82) is 0 Å². The van der Waals surface area contributed by atoms with E-state index in [4.69, 9.17) is 4.74 Å². The molecule has 1 saturated heterocycles. The lowest BCUT2D eigenvalue weighted by atomic mass is 9.85. The summed E-state index contributed by atoms with van der Waals surface area (Å²) in [6.45, 7) is 3.13. The molecular formula is C18H27NO3S. The second-order valence-corrected chi connectivity index (χ2v) is 9.11. The van der Waals surface area contributed by atoms with E-state index in [1.807, 2.05) is 6.07 Å². The Morgan fingerprint density at radius 1 is 1.26 bits per heavy atom. The lowest BCUT2D eigenvalue weighted by Gasteiger charge is -2.33. The third-order valence-electron chi connectivity index (χ3n) is 5.50. The predicted molar refractivity (Wildman–Crippen MR) is 91.5 cm³/mol. The van der Waals surface area contributed by atoms with Crippen molar-refractivity contribution in [2.45, 2.75) is 62.6 Å². The zero-order chi connectivity index (χ0) is 16.6. The number of methoxy groups -OCH3 is 1. The molecule has 0 aromatic heterocycles. The molecule has 1 heterocycles. The molecule has 3 unspecified atom stereocenters. The van der Waals surface area contributed by atoms with Crippen molar-refractivity contribution >= 4 is 9.84 Å². The van der Waals surface area contributed by atoms with Crippen LogP contribution in [0.3, 0.4) is 0 Å². The maximum Gasteiger partial charge on any atom is 0.179 e. The molecule has 23 heavy (non-hydrogen) atoms. The molecule has 0 N–H and O–H groups in total. The largest absolute Gasteiger partial charge is 0.495 e. The van der Waals surface area contributed by atoms with Crippen molar-refractivity contribution in [3.05, 3.63) is 23.8 Å². The fraction of sp³-hybridized carbons (Fsp3) is 0.667. The van der Waals surface area contributed by atoms with Gasteiger partial charge in [-0.1, -0.05) is 18.9 Å². The fourth-order valence-electron chi connectivity index (χ4n) is 4.39. The predicted octanol–water partition coefficient (Wildman–Crippen LogP) is 3.25. The van der Waals surface area contributed by atoms with Crippen LogP contribution in [0.5, 0.6) is 5.75 Å². The van der Waals surface area contributed by atoms with E-state index in [1.165, 1.54) is 45.5 Å². The summed E-state index contributed by atoms with van der Waals surface area (Å²) in [7, 11) is -1.77. The van der Waals surface area contributed by atoms with E-state index in [-0.39, 0.29) is 0 Å². The van der Waals surface area contributed by atoms with Crippen LogP contribution in [-0.4, -0.2) is 38.8 Å². The van der Waals surface area contributed by atoms with Crippen molar-refractivity contribution in [2.75, 3.05) is 13.4 Å². The molecule has 3 atom stereocenters. The molecule has 0 amide bonds. The number of nitrogens with zero attached hydrogens (tertiary/aromatic N) is 1. The van der Waals surface area contributed by atoms with Crippen LogP contribution in [0, 0.1) is 5.92 Å². The average molecular weight is 337 g/mol. The average Bonchev–Trinajstić information content (AvgIpc) is 2.82. The Bertz CT molecular complexity index is 671. The number of rotatable bonds is 4. The maximum atomic E-state index is 12.0. The molecule has 128 valence electrons. The Balaban J connectivity index is 1.85. The van der Waals surface area contributed by atoms with Crippen molar-refractivity contribution in [2.24, 2.45) is 5.92 Å². The van der Waals surface area contributed by atoms with Crippen LogP contribution < -0.4 is 4.74 Å². The topological polar surface area (TPSA) is 46.6 Å². The monoisotopic (exact) mass is 337 g/mol. The summed E-state index contributed by atoms with van der Waals surface area (Å²) >= 11 is 0. The molecular weight excluding hydrogens is 310 g/mol. The van der Waals surface area contributed by atoms with Crippen LogP contribution >= 0.6 is 0 Å². The van der Waals surface area contributed by atoms with Crippen LogP contribution in [-0.2, 0) is 16.4 Å². The molecule has 1 aliphatic carbocycles. The summed E-state index contributed by atoms with van der Waals surface area (Å²) in [4.78, 5) is 2.88. The minimum absolute atomic E-state index is 0.296. The summed E-state index contributed by atoms with van der Waals surface area (Å²) in [5.74, 6) is 1.26. The van der Waals surface area contributed by atoms with Gasteiger partial charge in [0.25, 0.3) is 0 Å². The number of hydrogen-bond donors (Lipinski definition) is 0. The third kappa shape index (κ3) is 3.41. The lowest BCUT2D eigenvalue weighted by Crippen LogP contribution is -2.37. The number of ether oxygens (including phenoxy) is 1. The van der Waals surface area contributed by atoms with E-state index in [1.54, 1.807) is 12.1 Å². The van der Waals surface area contributed by atoms with E-state index >= 15 is 0 Å². The Labute approximate surface area is 139 Å². The SMILES string of the molecule is COc1ccc(CN2C(C)CC3CCCCC32)cc1S(C)(=O)=O. The first-order chi connectivity index (χ1) is 10.9. The first kappa shape index (κ1) is 16.8. The van der Waals surface area contributed by atoms with Crippen molar-refractivity contribution in [3.63, 3.8) is 0 Å². The van der Waals surface area contributed by atoms with Gasteiger partial charge in [-0.15, -0.1) is 0 Å². The minimum atomic E-state index is -3.28. The maximum absolute atomic E-state index is 12.0. The van der Waals surface area contributed by atoms with E-state index < -0.39 is 9.84 Å². The molecule has 2 aliphatic rings. The minimum Gasteiger partial charge on any atom is -0.495 e. The van der Waals surface area contributed by atoms with Crippen molar-refractivity contribution in [3.8, 4) is 5.75 Å². The van der Waals surface area contributed by atoms with E-state index in [0.717, 1.165) is 18.0 Å². The number of benzene rings is 1. The number of likely N-dealkylation sites (tertiary alicyclic amines) is 1. The highest BCUT2D eigenvalue weighted by Gasteiger charge is 2.39. The molecule has 1 aliphatic heterocycles. The molecule has 1 aromatic rings. The van der Waals surface area contributed by atoms with Gasteiger partial charge in [0, 0.05) is 24.9 Å². The van der Waals surface area contributed by atoms with Crippen LogP contribution in [0.1, 0.15) is 44.6 Å². The van der Waals surface area contributed by atoms with Crippen LogP contribution in [0.25, 0.3) is 0 Å². The lowest BCUT2D eigenvalue weighted by molar-refractivity contribution is 0.149. The molecule has 5 heteroatoms. The second kappa shape index (κ2) is 6.44. The molecule has 0 radical (unpaired) electrons. The number of sulfone groups is 1. The van der Waals surface area contributed by atoms with Gasteiger partial charge in [0.05, 0.1) is 7.11 Å². The first-order valence-electron chi connectivity index (χ1n) is 8.53. The summed E-state index contributed by atoms with van der Waals surface area (Å²) < 4.78 is 29.2. The molecule has 1 aromatic carbocycles. The highest BCUT2D eigenvalue weighted by Crippen LogP contribution is 2.40. The Kier molecular flexibility index (Phi) is 4.70. The quantitative estimate of drug-likeness (QED) is 0.846. The van der Waals surface area contributed by atoms with Crippen molar-refractivity contribution in [1.82, 2.24) is 4.90 Å². The third-order valence-corrected chi connectivity index (χ3v) is 6.62. The van der Waals surface area contributed by atoms with Crippen LogP contribution in [0.2, 0.25) is 0 Å². The smallest absolute Gasteiger partial charge is 0.179 e. The molecule has 1 saturated carbocycles. The zero-order valence-corrected chi connectivity index (χ0v) is 15.1. The summed E-state index contributed by atoms with van der Waals surface area (Å²) in [6, 6.07) is 6.81. The molecule has 0 spiro atoms. The molecule has 0 bridgehead atoms. The Morgan fingerprint density at radius 2 is 2.00 bits per heavy atom. The van der Waals surface area contributed by atoms with Crippen molar-refractivity contribution < 1.29 is 13.2 Å². The van der Waals surface area contributed by atoms with Gasteiger partial charge >= 0.3 is 0 Å². The first-order valence-corrected chi connectivity index (χ1v) is 10.4. The van der Waals surface area contributed by atoms with Gasteiger partial charge in [-0.2, -0.15) is 0 Å². The van der Waals surface area contributed by atoms with Gasteiger partial charge < -0.3 is 4.74 Å². The van der Waals surface area contributed by atoms with Gasteiger partial charge in [0.15, 0.2) is 9.84 Å². The van der Waals surface area contributed by atoms with Crippen LogP contribution in [0.4, 0.5) is 0 Å². The number of hydrogen-bond acceptors (Lipinski definition) is 4. The van der Waals surface area contributed by atoms with E-state index in [0.29, 0.717) is 22.7 Å². The summed E-state index contributed by atoms with van der Waals surface area (Å²) in [5, 5.41) is 0. The highest BCUT2D eigenvalue weighted by atomic mass is 32.2. The second-order valence-electron chi connectivity index (χ2n) is 7.13.